The normalized spacial score (nSPS) is 21.8. The van der Waals surface area contributed by atoms with Gasteiger partial charge in [0.1, 0.15) is 5.82 Å². The number of benzene rings is 1. The Bertz CT molecular complexity index is 855. The van der Waals surface area contributed by atoms with E-state index in [9.17, 15) is 0 Å². The smallest absolute Gasteiger partial charge is 0.191 e. The van der Waals surface area contributed by atoms with Crippen LogP contribution < -0.4 is 0 Å². The highest BCUT2D eigenvalue weighted by atomic mass is 32.2. The minimum absolute atomic E-state index is 0.521. The van der Waals surface area contributed by atoms with E-state index in [-0.39, 0.29) is 0 Å². The molecule has 0 unspecified atom stereocenters. The molecular formula is C27H41N5OS. The summed E-state index contributed by atoms with van der Waals surface area (Å²) in [7, 11) is 0. The van der Waals surface area contributed by atoms with Crippen molar-refractivity contribution >= 4 is 11.8 Å². The first-order valence-corrected chi connectivity index (χ1v) is 14.5. The maximum absolute atomic E-state index is 5.49. The first-order chi connectivity index (χ1) is 16.8. The molecule has 1 aromatic heterocycles. The van der Waals surface area contributed by atoms with Crippen LogP contribution >= 0.6 is 11.8 Å². The Kier molecular flexibility index (Phi) is 8.95. The zero-order valence-electron chi connectivity index (χ0n) is 20.6. The van der Waals surface area contributed by atoms with Crippen molar-refractivity contribution in [1.82, 2.24) is 24.6 Å². The highest BCUT2D eigenvalue weighted by Crippen LogP contribution is 2.32. The van der Waals surface area contributed by atoms with Gasteiger partial charge >= 0.3 is 0 Å². The molecule has 2 saturated heterocycles. The van der Waals surface area contributed by atoms with E-state index >= 15 is 0 Å². The zero-order chi connectivity index (χ0) is 23.0. The third-order valence-electron chi connectivity index (χ3n) is 7.87. The van der Waals surface area contributed by atoms with Gasteiger partial charge in [-0.3, -0.25) is 4.90 Å². The van der Waals surface area contributed by atoms with Crippen LogP contribution in [0.3, 0.4) is 0 Å². The van der Waals surface area contributed by atoms with E-state index in [4.69, 9.17) is 14.9 Å². The average molecular weight is 484 g/mol. The van der Waals surface area contributed by atoms with Gasteiger partial charge in [-0.2, -0.15) is 0 Å². The van der Waals surface area contributed by atoms with Crippen molar-refractivity contribution in [1.29, 1.82) is 0 Å². The Hall–Kier alpha value is -1.41. The Labute approximate surface area is 209 Å². The van der Waals surface area contributed by atoms with Gasteiger partial charge in [0.15, 0.2) is 5.16 Å². The summed E-state index contributed by atoms with van der Waals surface area (Å²) in [6, 6.07) is 10.8. The lowest BCUT2D eigenvalue weighted by Gasteiger charge is -2.35. The van der Waals surface area contributed by atoms with Gasteiger partial charge in [0.2, 0.25) is 0 Å². The molecule has 3 aliphatic rings. The summed E-state index contributed by atoms with van der Waals surface area (Å²) in [5.41, 5.74) is 1.33. The van der Waals surface area contributed by atoms with Crippen molar-refractivity contribution in [2.45, 2.75) is 62.6 Å². The van der Waals surface area contributed by atoms with E-state index in [0.29, 0.717) is 5.92 Å². The summed E-state index contributed by atoms with van der Waals surface area (Å²) in [6.07, 6.45) is 9.62. The Balaban J connectivity index is 1.21. The van der Waals surface area contributed by atoms with E-state index in [1.54, 1.807) is 0 Å². The molecule has 0 amide bonds. The molecule has 0 spiro atoms. The van der Waals surface area contributed by atoms with Crippen LogP contribution in [0, 0.1) is 5.92 Å². The topological polar surface area (TPSA) is 46.4 Å². The molecule has 0 N–H and O–H groups in total. The molecule has 3 heterocycles. The molecule has 1 saturated carbocycles. The number of thioether (sulfide) groups is 1. The first kappa shape index (κ1) is 24.3. The fraction of sp³-hybridized carbons (Fsp3) is 0.704. The molecule has 2 aromatic rings. The molecule has 3 fully saturated rings. The molecular weight excluding hydrogens is 442 g/mol. The molecule has 1 aromatic carbocycles. The van der Waals surface area contributed by atoms with Crippen molar-refractivity contribution in [2.75, 3.05) is 58.2 Å². The number of hydrogen-bond acceptors (Lipinski definition) is 6. The van der Waals surface area contributed by atoms with Gasteiger partial charge in [-0.15, -0.1) is 10.2 Å². The van der Waals surface area contributed by atoms with Crippen molar-refractivity contribution in [2.24, 2.45) is 5.92 Å². The Morgan fingerprint density at radius 2 is 1.62 bits per heavy atom. The summed E-state index contributed by atoms with van der Waals surface area (Å²) >= 11 is 1.87. The number of piperidine rings is 1. The van der Waals surface area contributed by atoms with E-state index in [1.165, 1.54) is 76.0 Å². The van der Waals surface area contributed by atoms with Crippen LogP contribution in [0.5, 0.6) is 0 Å². The quantitative estimate of drug-likeness (QED) is 0.489. The standard InChI is InChI=1S/C27H41N5OS/c1-3-7-23(8-4-1)21-31-13-11-25(12-14-31)26-28-29-27(32(26)22-24-9-5-2-6-10-24)34-20-17-30-15-18-33-19-16-30/h2,5-6,9-10,23,25H,1,3-4,7-8,11-22H2. The molecule has 186 valence electrons. The predicted molar refractivity (Wildman–Crippen MR) is 139 cm³/mol. The fourth-order valence-corrected chi connectivity index (χ4v) is 6.77. The summed E-state index contributed by atoms with van der Waals surface area (Å²) in [5, 5.41) is 10.6. The fourth-order valence-electron chi connectivity index (χ4n) is 5.82. The van der Waals surface area contributed by atoms with E-state index in [2.05, 4.69) is 44.7 Å². The molecule has 0 atom stereocenters. The van der Waals surface area contributed by atoms with Gasteiger partial charge in [0, 0.05) is 37.8 Å². The number of morpholine rings is 1. The number of hydrogen-bond donors (Lipinski definition) is 0. The van der Waals surface area contributed by atoms with Crippen LogP contribution in [-0.4, -0.2) is 82.8 Å². The summed E-state index contributed by atoms with van der Waals surface area (Å²) in [5.74, 6) is 3.70. The maximum Gasteiger partial charge on any atom is 0.191 e. The molecule has 6 nitrogen and oxygen atoms in total. The average Bonchev–Trinajstić information content (AvgIpc) is 3.28. The zero-order valence-corrected chi connectivity index (χ0v) is 21.4. The highest BCUT2D eigenvalue weighted by molar-refractivity contribution is 7.99. The second-order valence-corrected chi connectivity index (χ2v) is 11.4. The molecule has 7 heteroatoms. The lowest BCUT2D eigenvalue weighted by atomic mass is 9.88. The molecule has 2 aliphatic heterocycles. The van der Waals surface area contributed by atoms with Gasteiger partial charge in [0.05, 0.1) is 19.8 Å². The third-order valence-corrected chi connectivity index (χ3v) is 8.81. The van der Waals surface area contributed by atoms with Crippen LogP contribution in [0.15, 0.2) is 35.5 Å². The molecule has 0 radical (unpaired) electrons. The number of nitrogens with zero attached hydrogens (tertiary/aromatic N) is 5. The van der Waals surface area contributed by atoms with E-state index in [1.807, 2.05) is 11.8 Å². The van der Waals surface area contributed by atoms with Gasteiger partial charge in [0.25, 0.3) is 0 Å². The number of likely N-dealkylation sites (tertiary alicyclic amines) is 1. The van der Waals surface area contributed by atoms with Crippen molar-refractivity contribution in [3.63, 3.8) is 0 Å². The van der Waals surface area contributed by atoms with Crippen LogP contribution in [-0.2, 0) is 11.3 Å². The van der Waals surface area contributed by atoms with Crippen molar-refractivity contribution < 1.29 is 4.74 Å². The highest BCUT2D eigenvalue weighted by Gasteiger charge is 2.28. The van der Waals surface area contributed by atoms with Gasteiger partial charge in [-0.25, -0.2) is 0 Å². The van der Waals surface area contributed by atoms with Crippen LogP contribution in [0.1, 0.15) is 62.3 Å². The first-order valence-electron chi connectivity index (χ1n) is 13.5. The van der Waals surface area contributed by atoms with Crippen LogP contribution in [0.25, 0.3) is 0 Å². The van der Waals surface area contributed by atoms with Gasteiger partial charge < -0.3 is 14.2 Å². The lowest BCUT2D eigenvalue weighted by molar-refractivity contribution is 0.0410. The minimum Gasteiger partial charge on any atom is -0.379 e. The molecule has 1 aliphatic carbocycles. The van der Waals surface area contributed by atoms with Gasteiger partial charge in [-0.1, -0.05) is 61.4 Å². The second kappa shape index (κ2) is 12.5. The van der Waals surface area contributed by atoms with Crippen LogP contribution in [0.2, 0.25) is 0 Å². The lowest BCUT2D eigenvalue weighted by Crippen LogP contribution is -2.37. The maximum atomic E-state index is 5.49. The van der Waals surface area contributed by atoms with Gasteiger partial charge in [-0.05, 0) is 50.3 Å². The van der Waals surface area contributed by atoms with E-state index < -0.39 is 0 Å². The molecule has 0 bridgehead atoms. The molecule has 34 heavy (non-hydrogen) atoms. The Morgan fingerprint density at radius 3 is 2.38 bits per heavy atom. The summed E-state index contributed by atoms with van der Waals surface area (Å²) in [6.45, 7) is 9.48. The predicted octanol–water partition coefficient (Wildman–Crippen LogP) is 4.51. The minimum atomic E-state index is 0.521. The monoisotopic (exact) mass is 483 g/mol. The second-order valence-electron chi connectivity index (χ2n) is 10.3. The molecule has 5 rings (SSSR count). The summed E-state index contributed by atoms with van der Waals surface area (Å²) in [4.78, 5) is 5.22. The van der Waals surface area contributed by atoms with Crippen LogP contribution in [0.4, 0.5) is 0 Å². The number of rotatable bonds is 9. The third kappa shape index (κ3) is 6.62. The Morgan fingerprint density at radius 1 is 0.853 bits per heavy atom. The van der Waals surface area contributed by atoms with E-state index in [0.717, 1.165) is 56.2 Å². The SMILES string of the molecule is c1ccc(Cn2c(SCCN3CCOCC3)nnc2C2CCN(CC3CCCCC3)CC2)cc1. The number of aromatic nitrogens is 3. The van der Waals surface area contributed by atoms with Crippen molar-refractivity contribution in [3.8, 4) is 0 Å². The largest absolute Gasteiger partial charge is 0.379 e. The van der Waals surface area contributed by atoms with Crippen molar-refractivity contribution in [3.05, 3.63) is 41.7 Å². The summed E-state index contributed by atoms with van der Waals surface area (Å²) < 4.78 is 7.91. The number of ether oxygens (including phenoxy) is 1.